The summed E-state index contributed by atoms with van der Waals surface area (Å²) in [6, 6.07) is 9.02. The standard InChI is InChI=1S/C10H11N.W/c1-3-7-11-10-6-4-5-9(2)8-10;/h4-6H,3H2,1-2H3;/q-2;+2. The molecule has 0 saturated carbocycles. The Kier molecular flexibility index (Phi) is 5.92. The molecule has 12 heavy (non-hydrogen) atoms. The minimum absolute atomic E-state index is 0. The second-order valence-electron chi connectivity index (χ2n) is 2.34. The molecule has 1 aromatic carbocycles. The topological polar surface area (TPSA) is 12.4 Å². The summed E-state index contributed by atoms with van der Waals surface area (Å²) in [6.07, 6.45) is 3.73. The number of nitrogens with zero attached hydrogens (tertiary/aromatic N) is 1. The van der Waals surface area contributed by atoms with E-state index < -0.39 is 0 Å². The molecule has 0 bridgehead atoms. The fraction of sp³-hybridized carbons (Fsp3) is 0.300. The Balaban J connectivity index is 0.00000121. The van der Waals surface area contributed by atoms with Crippen LogP contribution < -0.4 is 0 Å². The molecule has 0 fully saturated rings. The average molecular weight is 329 g/mol. The first-order valence-corrected chi connectivity index (χ1v) is 3.75. The molecule has 0 aliphatic carbocycles. The van der Waals surface area contributed by atoms with E-state index in [4.69, 9.17) is 0 Å². The van der Waals surface area contributed by atoms with Gasteiger partial charge in [0.05, 0.1) is 0 Å². The minimum Gasteiger partial charge on any atom is -0.482 e. The third-order valence-electron chi connectivity index (χ3n) is 1.28. The van der Waals surface area contributed by atoms with Crippen molar-refractivity contribution in [2.75, 3.05) is 0 Å². The molecule has 0 amide bonds. The van der Waals surface area contributed by atoms with Crippen LogP contribution in [-0.2, 0) is 21.1 Å². The Morgan fingerprint density at radius 2 is 2.25 bits per heavy atom. The van der Waals surface area contributed by atoms with E-state index in [9.17, 15) is 0 Å². The van der Waals surface area contributed by atoms with Crippen LogP contribution in [0.2, 0.25) is 0 Å². The Morgan fingerprint density at radius 1 is 1.50 bits per heavy atom. The summed E-state index contributed by atoms with van der Waals surface area (Å²) in [6.45, 7) is 4.02. The summed E-state index contributed by atoms with van der Waals surface area (Å²) in [5.41, 5.74) is 1.98. The average Bonchev–Trinajstić information content (AvgIpc) is 2.01. The monoisotopic (exact) mass is 329 g/mol. The van der Waals surface area contributed by atoms with E-state index in [2.05, 4.69) is 17.3 Å². The fourth-order valence-electron chi connectivity index (χ4n) is 0.798. The van der Waals surface area contributed by atoms with E-state index >= 15 is 0 Å². The number of aryl methyl sites for hydroxylation is 1. The smallest absolute Gasteiger partial charge is 0.482 e. The van der Waals surface area contributed by atoms with Crippen molar-refractivity contribution in [1.29, 1.82) is 0 Å². The molecule has 0 aromatic heterocycles. The van der Waals surface area contributed by atoms with Gasteiger partial charge in [0, 0.05) is 0 Å². The van der Waals surface area contributed by atoms with Gasteiger partial charge in [0.15, 0.2) is 0 Å². The normalized spacial score (nSPS) is 9.83. The van der Waals surface area contributed by atoms with Crippen LogP contribution in [0.1, 0.15) is 18.9 Å². The Morgan fingerprint density at radius 3 is 2.83 bits per heavy atom. The van der Waals surface area contributed by atoms with E-state index in [-0.39, 0.29) is 21.1 Å². The predicted octanol–water partition coefficient (Wildman–Crippen LogP) is 2.78. The Hall–Kier alpha value is -0.422. The van der Waals surface area contributed by atoms with Crippen molar-refractivity contribution in [3.63, 3.8) is 0 Å². The molecule has 1 nitrogen and oxygen atoms in total. The first-order chi connectivity index (χ1) is 5.33. The van der Waals surface area contributed by atoms with Gasteiger partial charge in [-0.2, -0.15) is 23.9 Å². The quantitative estimate of drug-likeness (QED) is 0.585. The van der Waals surface area contributed by atoms with Crippen LogP contribution >= 0.6 is 0 Å². The van der Waals surface area contributed by atoms with Gasteiger partial charge in [-0.15, -0.1) is 0 Å². The zero-order chi connectivity index (χ0) is 8.10. The molecule has 2 heteroatoms. The molecule has 62 valence electrons. The van der Waals surface area contributed by atoms with Crippen LogP contribution in [0.25, 0.3) is 0 Å². The van der Waals surface area contributed by atoms with Crippen molar-refractivity contribution in [3.05, 3.63) is 29.8 Å². The van der Waals surface area contributed by atoms with Crippen molar-refractivity contribution in [3.8, 4) is 0 Å². The number of benzene rings is 1. The van der Waals surface area contributed by atoms with Crippen LogP contribution in [-0.4, -0.2) is 6.21 Å². The Bertz CT molecular complexity index is 256. The summed E-state index contributed by atoms with van der Waals surface area (Å²) < 4.78 is 0. The third-order valence-corrected chi connectivity index (χ3v) is 1.28. The van der Waals surface area contributed by atoms with Gasteiger partial charge in [0.2, 0.25) is 0 Å². The summed E-state index contributed by atoms with van der Waals surface area (Å²) in [7, 11) is 0. The molecule has 0 unspecified atom stereocenters. The molecule has 1 aromatic rings. The number of hydrogen-bond acceptors (Lipinski definition) is 1. The first-order valence-electron chi connectivity index (χ1n) is 3.75. The summed E-state index contributed by atoms with van der Waals surface area (Å²) >= 11 is 0. The van der Waals surface area contributed by atoms with Crippen molar-refractivity contribution >= 4 is 11.9 Å². The molecule has 0 aliphatic rings. The maximum absolute atomic E-state index is 4.08. The summed E-state index contributed by atoms with van der Waals surface area (Å²) in [4.78, 5) is 4.08. The maximum Gasteiger partial charge on any atom is 2.00 e. The number of aliphatic imine (C=N–C) groups is 1. The van der Waals surface area contributed by atoms with Crippen LogP contribution in [0.3, 0.4) is 0 Å². The van der Waals surface area contributed by atoms with Gasteiger partial charge in [-0.1, -0.05) is 20.3 Å². The zero-order valence-corrected chi connectivity index (χ0v) is 10.2. The molecular formula is C10H11NW. The molecule has 0 atom stereocenters. The number of rotatable bonds is 2. The van der Waals surface area contributed by atoms with E-state index in [0.29, 0.717) is 0 Å². The molecule has 0 spiro atoms. The summed E-state index contributed by atoms with van der Waals surface area (Å²) in [5, 5.41) is 0. The zero-order valence-electron chi connectivity index (χ0n) is 7.29. The summed E-state index contributed by atoms with van der Waals surface area (Å²) in [5.74, 6) is 0. The Labute approximate surface area is 88.2 Å². The molecule has 0 radical (unpaired) electrons. The first kappa shape index (κ1) is 11.6. The van der Waals surface area contributed by atoms with Gasteiger partial charge in [-0.05, 0) is 0 Å². The van der Waals surface area contributed by atoms with Crippen LogP contribution in [0, 0.1) is 13.0 Å². The molecular weight excluding hydrogens is 318 g/mol. The van der Waals surface area contributed by atoms with Crippen molar-refractivity contribution in [1.82, 2.24) is 0 Å². The van der Waals surface area contributed by atoms with E-state index in [0.717, 1.165) is 17.7 Å². The van der Waals surface area contributed by atoms with Crippen molar-refractivity contribution in [2.24, 2.45) is 4.99 Å². The van der Waals surface area contributed by atoms with Crippen molar-refractivity contribution < 1.29 is 21.1 Å². The fourth-order valence-corrected chi connectivity index (χ4v) is 0.798. The number of hydrogen-bond donors (Lipinski definition) is 0. The third kappa shape index (κ3) is 3.82. The van der Waals surface area contributed by atoms with Crippen LogP contribution in [0.15, 0.2) is 23.2 Å². The molecule has 0 saturated heterocycles. The van der Waals surface area contributed by atoms with Gasteiger partial charge < -0.3 is 4.99 Å². The minimum atomic E-state index is 0. The van der Waals surface area contributed by atoms with Crippen LogP contribution in [0.5, 0.6) is 0 Å². The predicted molar refractivity (Wildman–Crippen MR) is 47.4 cm³/mol. The maximum atomic E-state index is 4.08. The van der Waals surface area contributed by atoms with E-state index in [1.807, 2.05) is 32.0 Å². The van der Waals surface area contributed by atoms with Gasteiger partial charge in [0.25, 0.3) is 0 Å². The molecule has 0 aliphatic heterocycles. The molecule has 1 rings (SSSR count). The van der Waals surface area contributed by atoms with Gasteiger partial charge in [-0.3, -0.25) is 6.07 Å². The van der Waals surface area contributed by atoms with Crippen LogP contribution in [0.4, 0.5) is 5.69 Å². The molecule has 0 N–H and O–H groups in total. The second kappa shape index (κ2) is 6.13. The van der Waals surface area contributed by atoms with Gasteiger partial charge >= 0.3 is 21.1 Å². The van der Waals surface area contributed by atoms with E-state index in [1.165, 1.54) is 0 Å². The van der Waals surface area contributed by atoms with Gasteiger partial charge in [0.1, 0.15) is 0 Å². The largest absolute Gasteiger partial charge is 2.00 e. The van der Waals surface area contributed by atoms with Crippen molar-refractivity contribution in [2.45, 2.75) is 20.3 Å². The SMILES string of the molecule is CC[C-]=Nc1[c-]c(C)ccc1.[W+2]. The second-order valence-corrected chi connectivity index (χ2v) is 2.34. The molecule has 0 heterocycles. The van der Waals surface area contributed by atoms with Gasteiger partial charge in [-0.25, -0.2) is 11.8 Å². The van der Waals surface area contributed by atoms with E-state index in [1.54, 1.807) is 0 Å².